The monoisotopic (exact) mass is 764 g/mol. The number of fused-ring (bicyclic) bond motifs is 4. The SMILES string of the molecule is c1ccc([Si](c2ccccc2)(c2ccccc2)c2ccc3c(-c4cccc(-c5cccc6ccccc56)c4)c4ccccc4c(-c4ccc5ccccc5c4)c3c2)cc1. The van der Waals surface area contributed by atoms with Gasteiger partial charge in [-0.15, -0.1) is 0 Å². The summed E-state index contributed by atoms with van der Waals surface area (Å²) < 4.78 is 0. The zero-order chi connectivity index (χ0) is 39.2. The van der Waals surface area contributed by atoms with Crippen molar-refractivity contribution in [2.75, 3.05) is 0 Å². The maximum atomic E-state index is 2.57. The van der Waals surface area contributed by atoms with E-state index in [1.807, 2.05) is 0 Å². The van der Waals surface area contributed by atoms with Gasteiger partial charge in [-0.05, 0) is 109 Å². The summed E-state index contributed by atoms with van der Waals surface area (Å²) >= 11 is 0. The lowest BCUT2D eigenvalue weighted by Crippen LogP contribution is -2.74. The van der Waals surface area contributed by atoms with Gasteiger partial charge in [0.1, 0.15) is 0 Å². The molecule has 0 atom stereocenters. The topological polar surface area (TPSA) is 0 Å². The molecule has 1 heteroatoms. The summed E-state index contributed by atoms with van der Waals surface area (Å²) in [4.78, 5) is 0. The molecule has 0 saturated carbocycles. The molecule has 11 aromatic carbocycles. The Balaban J connectivity index is 1.27. The minimum Gasteiger partial charge on any atom is -0.0623 e. The van der Waals surface area contributed by atoms with Gasteiger partial charge >= 0.3 is 0 Å². The van der Waals surface area contributed by atoms with Gasteiger partial charge in [-0.1, -0.05) is 231 Å². The van der Waals surface area contributed by atoms with E-state index in [4.69, 9.17) is 0 Å². The number of rotatable bonds is 7. The minimum atomic E-state index is -2.83. The normalized spacial score (nSPS) is 11.7. The van der Waals surface area contributed by atoms with Crippen molar-refractivity contribution in [3.05, 3.63) is 243 Å². The highest BCUT2D eigenvalue weighted by Gasteiger charge is 2.41. The maximum absolute atomic E-state index is 2.83. The summed E-state index contributed by atoms with van der Waals surface area (Å²) in [6.07, 6.45) is 0. The Hall–Kier alpha value is -7.32. The Bertz CT molecular complexity index is 3210. The van der Waals surface area contributed by atoms with Gasteiger partial charge in [0.05, 0.1) is 0 Å². The van der Waals surface area contributed by atoms with Gasteiger partial charge in [-0.2, -0.15) is 0 Å². The van der Waals surface area contributed by atoms with Crippen LogP contribution < -0.4 is 20.7 Å². The third-order valence-corrected chi connectivity index (χ3v) is 17.1. The lowest BCUT2D eigenvalue weighted by molar-refractivity contribution is 1.63. The molecule has 0 radical (unpaired) electrons. The molecule has 0 spiro atoms. The second kappa shape index (κ2) is 14.6. The largest absolute Gasteiger partial charge is 0.179 e. The molecule has 0 heterocycles. The van der Waals surface area contributed by atoms with E-state index in [0.717, 1.165) is 0 Å². The highest BCUT2D eigenvalue weighted by molar-refractivity contribution is 7.20. The van der Waals surface area contributed by atoms with Gasteiger partial charge in [0.2, 0.25) is 0 Å². The standard InChI is InChI=1S/C58H40Si/c1-4-24-47(25-5-1)59(48-26-6-2-7-27-48,49-28-8-3-9-29-49)50-36-37-55-56(40-50)58(46-35-34-41-18-10-11-20-43(41)38-46)54-32-15-14-31-53(54)57(55)45-23-16-22-44(39-45)52-33-17-21-42-19-12-13-30-51(42)52/h1-40H. The van der Waals surface area contributed by atoms with Gasteiger partial charge < -0.3 is 0 Å². The van der Waals surface area contributed by atoms with Crippen molar-refractivity contribution < 1.29 is 0 Å². The zero-order valence-corrected chi connectivity index (χ0v) is 33.6. The van der Waals surface area contributed by atoms with Crippen LogP contribution in [0.25, 0.3) is 76.5 Å². The third kappa shape index (κ3) is 5.82. The van der Waals surface area contributed by atoms with Crippen LogP contribution in [0.3, 0.4) is 0 Å². The number of hydrogen-bond donors (Lipinski definition) is 0. The minimum absolute atomic E-state index is 1.21. The van der Waals surface area contributed by atoms with E-state index in [2.05, 4.69) is 243 Å². The molecule has 0 fully saturated rings. The van der Waals surface area contributed by atoms with Crippen LogP contribution in [0.2, 0.25) is 0 Å². The molecule has 276 valence electrons. The predicted octanol–water partition coefficient (Wildman–Crippen LogP) is 12.7. The highest BCUT2D eigenvalue weighted by Crippen LogP contribution is 2.45. The predicted molar refractivity (Wildman–Crippen MR) is 256 cm³/mol. The second-order valence-corrected chi connectivity index (χ2v) is 19.4. The van der Waals surface area contributed by atoms with E-state index in [0.29, 0.717) is 0 Å². The fraction of sp³-hybridized carbons (Fsp3) is 0. The summed E-state index contributed by atoms with van der Waals surface area (Å²) in [6, 6.07) is 90.6. The van der Waals surface area contributed by atoms with Gasteiger partial charge in [-0.3, -0.25) is 0 Å². The van der Waals surface area contributed by atoms with Crippen molar-refractivity contribution in [3.8, 4) is 33.4 Å². The quantitative estimate of drug-likeness (QED) is 0.0861. The molecular formula is C58H40Si. The van der Waals surface area contributed by atoms with Gasteiger partial charge in [0, 0.05) is 0 Å². The van der Waals surface area contributed by atoms with Crippen molar-refractivity contribution in [3.63, 3.8) is 0 Å². The Morgan fingerprint density at radius 1 is 0.220 bits per heavy atom. The van der Waals surface area contributed by atoms with E-state index < -0.39 is 8.07 Å². The van der Waals surface area contributed by atoms with Crippen LogP contribution in [0, 0.1) is 0 Å². The second-order valence-electron chi connectivity index (χ2n) is 15.6. The first-order chi connectivity index (χ1) is 29.3. The molecule has 0 unspecified atom stereocenters. The molecule has 0 aliphatic heterocycles. The molecule has 0 amide bonds. The molecular weight excluding hydrogens is 725 g/mol. The molecule has 0 saturated heterocycles. The van der Waals surface area contributed by atoms with Crippen LogP contribution in [0.5, 0.6) is 0 Å². The van der Waals surface area contributed by atoms with E-state index >= 15 is 0 Å². The van der Waals surface area contributed by atoms with Crippen LogP contribution in [0.4, 0.5) is 0 Å². The molecule has 0 aliphatic carbocycles. The maximum Gasteiger partial charge on any atom is 0.179 e. The van der Waals surface area contributed by atoms with E-state index in [1.165, 1.54) is 97.2 Å². The number of benzene rings is 11. The Morgan fingerprint density at radius 3 is 1.36 bits per heavy atom. The summed E-state index contributed by atoms with van der Waals surface area (Å²) in [5.74, 6) is 0. The van der Waals surface area contributed by atoms with Crippen molar-refractivity contribution in [2.45, 2.75) is 0 Å². The third-order valence-electron chi connectivity index (χ3n) is 12.4. The highest BCUT2D eigenvalue weighted by atomic mass is 28.3. The molecule has 0 bridgehead atoms. The van der Waals surface area contributed by atoms with E-state index in [9.17, 15) is 0 Å². The fourth-order valence-electron chi connectivity index (χ4n) is 9.76. The first-order valence-electron chi connectivity index (χ1n) is 20.5. The Kier molecular flexibility index (Phi) is 8.61. The average molecular weight is 765 g/mol. The Morgan fingerprint density at radius 2 is 0.695 bits per heavy atom. The number of hydrogen-bond acceptors (Lipinski definition) is 0. The summed E-state index contributed by atoms with van der Waals surface area (Å²) in [5.41, 5.74) is 7.44. The molecule has 11 rings (SSSR count). The van der Waals surface area contributed by atoms with Crippen molar-refractivity contribution in [2.24, 2.45) is 0 Å². The van der Waals surface area contributed by atoms with Gasteiger partial charge in [-0.25, -0.2) is 0 Å². The van der Waals surface area contributed by atoms with Crippen molar-refractivity contribution in [1.29, 1.82) is 0 Å². The van der Waals surface area contributed by atoms with Crippen LogP contribution in [-0.4, -0.2) is 8.07 Å². The zero-order valence-electron chi connectivity index (χ0n) is 32.6. The average Bonchev–Trinajstić information content (AvgIpc) is 3.32. The molecule has 0 aliphatic rings. The smallest absolute Gasteiger partial charge is 0.0623 e. The summed E-state index contributed by atoms with van der Waals surface area (Å²) in [7, 11) is -2.83. The van der Waals surface area contributed by atoms with E-state index in [-0.39, 0.29) is 0 Å². The van der Waals surface area contributed by atoms with E-state index in [1.54, 1.807) is 0 Å². The lowest BCUT2D eigenvalue weighted by atomic mass is 9.85. The van der Waals surface area contributed by atoms with Crippen LogP contribution in [0.15, 0.2) is 243 Å². The summed E-state index contributed by atoms with van der Waals surface area (Å²) in [5, 5.41) is 15.5. The fourth-order valence-corrected chi connectivity index (χ4v) is 14.5. The van der Waals surface area contributed by atoms with Gasteiger partial charge in [0.15, 0.2) is 8.07 Å². The Labute approximate surface area is 346 Å². The first kappa shape index (κ1) is 34.9. The van der Waals surface area contributed by atoms with Crippen LogP contribution in [-0.2, 0) is 0 Å². The lowest BCUT2D eigenvalue weighted by Gasteiger charge is -2.35. The van der Waals surface area contributed by atoms with Crippen LogP contribution >= 0.6 is 0 Å². The molecule has 0 aromatic heterocycles. The first-order valence-corrected chi connectivity index (χ1v) is 22.5. The summed E-state index contributed by atoms with van der Waals surface area (Å²) in [6.45, 7) is 0. The van der Waals surface area contributed by atoms with Crippen molar-refractivity contribution >= 4 is 71.9 Å². The molecule has 0 nitrogen and oxygen atoms in total. The molecule has 59 heavy (non-hydrogen) atoms. The molecule has 11 aromatic rings. The van der Waals surface area contributed by atoms with Crippen LogP contribution in [0.1, 0.15) is 0 Å². The van der Waals surface area contributed by atoms with Gasteiger partial charge in [0.25, 0.3) is 0 Å². The van der Waals surface area contributed by atoms with Crippen molar-refractivity contribution in [1.82, 2.24) is 0 Å². The molecule has 0 N–H and O–H groups in total.